The standard InChI is InChI=1S/C18H19NO7S/c1-24-15-4-3-12(20)8-13(15)18(21)19-14-9-17-16(25-5-6-26-17)7-11(14)10-27(2,22)23/h3-4,7-9,20H,5-6,10H2,1-2H3,(H,19,21). The zero-order chi connectivity index (χ0) is 19.6. The van der Waals surface area contributed by atoms with Crippen LogP contribution in [0.2, 0.25) is 0 Å². The number of methoxy groups -OCH3 is 1. The molecule has 9 heteroatoms. The second kappa shape index (κ2) is 7.36. The highest BCUT2D eigenvalue weighted by molar-refractivity contribution is 7.89. The zero-order valence-corrected chi connectivity index (χ0v) is 15.6. The molecule has 0 aliphatic carbocycles. The molecule has 1 heterocycles. The van der Waals surface area contributed by atoms with E-state index >= 15 is 0 Å². The number of anilines is 1. The topological polar surface area (TPSA) is 111 Å². The summed E-state index contributed by atoms with van der Waals surface area (Å²) in [5, 5.41) is 12.3. The quantitative estimate of drug-likeness (QED) is 0.799. The van der Waals surface area contributed by atoms with E-state index in [4.69, 9.17) is 14.2 Å². The van der Waals surface area contributed by atoms with Crippen LogP contribution < -0.4 is 19.5 Å². The summed E-state index contributed by atoms with van der Waals surface area (Å²) in [4.78, 5) is 12.7. The smallest absolute Gasteiger partial charge is 0.259 e. The summed E-state index contributed by atoms with van der Waals surface area (Å²) in [5.74, 6) is 0.168. The highest BCUT2D eigenvalue weighted by Gasteiger charge is 2.21. The molecule has 1 amide bonds. The van der Waals surface area contributed by atoms with Gasteiger partial charge in [0, 0.05) is 18.0 Å². The van der Waals surface area contributed by atoms with Gasteiger partial charge in [-0.2, -0.15) is 0 Å². The van der Waals surface area contributed by atoms with Gasteiger partial charge in [-0.15, -0.1) is 0 Å². The van der Waals surface area contributed by atoms with Crippen LogP contribution in [0, 0.1) is 0 Å². The minimum absolute atomic E-state index is 0.0977. The molecule has 27 heavy (non-hydrogen) atoms. The molecular formula is C18H19NO7S. The highest BCUT2D eigenvalue weighted by atomic mass is 32.2. The average molecular weight is 393 g/mol. The number of nitrogens with one attached hydrogen (secondary N) is 1. The van der Waals surface area contributed by atoms with Crippen LogP contribution in [0.25, 0.3) is 0 Å². The third-order valence-electron chi connectivity index (χ3n) is 3.86. The molecule has 1 aliphatic rings. The fourth-order valence-electron chi connectivity index (χ4n) is 2.71. The highest BCUT2D eigenvalue weighted by Crippen LogP contribution is 2.37. The molecule has 2 aromatic carbocycles. The summed E-state index contributed by atoms with van der Waals surface area (Å²) < 4.78 is 39.7. The predicted octanol–water partition coefficient (Wildman–Crippen LogP) is 1.97. The molecule has 144 valence electrons. The number of fused-ring (bicyclic) bond motifs is 1. The lowest BCUT2D eigenvalue weighted by molar-refractivity contribution is 0.102. The van der Waals surface area contributed by atoms with E-state index in [1.54, 1.807) is 6.07 Å². The number of amides is 1. The molecule has 3 rings (SSSR count). The Morgan fingerprint density at radius 1 is 1.19 bits per heavy atom. The third-order valence-corrected chi connectivity index (χ3v) is 4.70. The Morgan fingerprint density at radius 3 is 2.48 bits per heavy atom. The van der Waals surface area contributed by atoms with E-state index in [9.17, 15) is 18.3 Å². The maximum Gasteiger partial charge on any atom is 0.259 e. The van der Waals surface area contributed by atoms with Gasteiger partial charge in [0.05, 0.1) is 18.4 Å². The number of ether oxygens (including phenoxy) is 3. The summed E-state index contributed by atoms with van der Waals surface area (Å²) in [6, 6.07) is 7.20. The van der Waals surface area contributed by atoms with Gasteiger partial charge in [-0.05, 0) is 29.8 Å². The van der Waals surface area contributed by atoms with E-state index in [1.807, 2.05) is 0 Å². The van der Waals surface area contributed by atoms with Crippen molar-refractivity contribution in [2.75, 3.05) is 31.9 Å². The van der Waals surface area contributed by atoms with Crippen molar-refractivity contribution in [1.29, 1.82) is 0 Å². The summed E-state index contributed by atoms with van der Waals surface area (Å²) in [6.07, 6.45) is 1.10. The van der Waals surface area contributed by atoms with Crippen LogP contribution in [0.1, 0.15) is 15.9 Å². The van der Waals surface area contributed by atoms with Crippen LogP contribution in [-0.2, 0) is 15.6 Å². The molecule has 2 N–H and O–H groups in total. The molecule has 0 fully saturated rings. The van der Waals surface area contributed by atoms with Gasteiger partial charge >= 0.3 is 0 Å². The van der Waals surface area contributed by atoms with Crippen LogP contribution in [0.5, 0.6) is 23.0 Å². The first kappa shape index (κ1) is 18.8. The Kier molecular flexibility index (Phi) is 5.13. The zero-order valence-electron chi connectivity index (χ0n) is 14.8. The summed E-state index contributed by atoms with van der Waals surface area (Å²) in [5.41, 5.74) is 0.756. The molecule has 0 aromatic heterocycles. The molecule has 8 nitrogen and oxygen atoms in total. The fourth-order valence-corrected chi connectivity index (χ4v) is 3.52. The molecule has 0 spiro atoms. The number of sulfone groups is 1. The minimum atomic E-state index is -3.36. The monoisotopic (exact) mass is 393 g/mol. The molecule has 2 aromatic rings. The van der Waals surface area contributed by atoms with Crippen molar-refractivity contribution in [2.24, 2.45) is 0 Å². The summed E-state index contributed by atoms with van der Waals surface area (Å²) >= 11 is 0. The summed E-state index contributed by atoms with van der Waals surface area (Å²) in [6.45, 7) is 0.712. The Labute approximate surface area is 156 Å². The molecule has 0 radical (unpaired) electrons. The average Bonchev–Trinajstić information content (AvgIpc) is 2.60. The van der Waals surface area contributed by atoms with Gasteiger partial charge < -0.3 is 24.6 Å². The van der Waals surface area contributed by atoms with E-state index in [0.29, 0.717) is 30.3 Å². The number of hydrogen-bond donors (Lipinski definition) is 2. The van der Waals surface area contributed by atoms with Crippen molar-refractivity contribution in [3.8, 4) is 23.0 Å². The van der Waals surface area contributed by atoms with E-state index in [-0.39, 0.29) is 28.5 Å². The number of phenolic OH excluding ortho intramolecular Hbond substituents is 1. The van der Waals surface area contributed by atoms with Gasteiger partial charge in [0.2, 0.25) is 0 Å². The first-order valence-corrected chi connectivity index (χ1v) is 10.1. The van der Waals surface area contributed by atoms with Crippen LogP contribution >= 0.6 is 0 Å². The Morgan fingerprint density at radius 2 is 1.85 bits per heavy atom. The number of carbonyl (C=O) groups is 1. The molecule has 0 saturated carbocycles. The number of aromatic hydroxyl groups is 1. The lowest BCUT2D eigenvalue weighted by Crippen LogP contribution is -2.19. The maximum atomic E-state index is 12.7. The van der Waals surface area contributed by atoms with Gasteiger partial charge in [0.25, 0.3) is 5.91 Å². The van der Waals surface area contributed by atoms with Crippen molar-refractivity contribution in [3.63, 3.8) is 0 Å². The lowest BCUT2D eigenvalue weighted by Gasteiger charge is -2.21. The van der Waals surface area contributed by atoms with Crippen molar-refractivity contribution >= 4 is 21.4 Å². The van der Waals surface area contributed by atoms with E-state index < -0.39 is 15.7 Å². The van der Waals surface area contributed by atoms with Gasteiger partial charge in [-0.1, -0.05) is 0 Å². The van der Waals surface area contributed by atoms with Crippen LogP contribution in [-0.4, -0.2) is 46.0 Å². The van der Waals surface area contributed by atoms with Crippen molar-refractivity contribution in [1.82, 2.24) is 0 Å². The molecule has 0 saturated heterocycles. The minimum Gasteiger partial charge on any atom is -0.508 e. The number of benzene rings is 2. The van der Waals surface area contributed by atoms with Crippen LogP contribution in [0.4, 0.5) is 5.69 Å². The van der Waals surface area contributed by atoms with Crippen molar-refractivity contribution in [2.45, 2.75) is 5.75 Å². The number of phenols is 1. The van der Waals surface area contributed by atoms with Gasteiger partial charge in [-0.25, -0.2) is 8.42 Å². The Bertz CT molecular complexity index is 985. The first-order chi connectivity index (χ1) is 12.8. The SMILES string of the molecule is COc1ccc(O)cc1C(=O)Nc1cc2c(cc1CS(C)(=O)=O)OCCO2. The molecule has 0 unspecified atom stereocenters. The fraction of sp³-hybridized carbons (Fsp3) is 0.278. The molecule has 0 atom stereocenters. The largest absolute Gasteiger partial charge is 0.508 e. The number of rotatable bonds is 5. The number of hydrogen-bond acceptors (Lipinski definition) is 7. The molecule has 0 bridgehead atoms. The molecular weight excluding hydrogens is 374 g/mol. The van der Waals surface area contributed by atoms with Gasteiger partial charge in [-0.3, -0.25) is 4.79 Å². The lowest BCUT2D eigenvalue weighted by atomic mass is 10.1. The van der Waals surface area contributed by atoms with Crippen LogP contribution in [0.15, 0.2) is 30.3 Å². The molecule has 1 aliphatic heterocycles. The maximum absolute atomic E-state index is 12.7. The van der Waals surface area contributed by atoms with E-state index in [1.165, 1.54) is 31.4 Å². The van der Waals surface area contributed by atoms with Crippen molar-refractivity contribution < 1.29 is 32.5 Å². The second-order valence-corrected chi connectivity index (χ2v) is 8.20. The van der Waals surface area contributed by atoms with Crippen molar-refractivity contribution in [3.05, 3.63) is 41.5 Å². The summed E-state index contributed by atoms with van der Waals surface area (Å²) in [7, 11) is -1.95. The van der Waals surface area contributed by atoms with E-state index in [2.05, 4.69) is 5.32 Å². The number of carbonyl (C=O) groups excluding carboxylic acids is 1. The predicted molar refractivity (Wildman–Crippen MR) is 98.6 cm³/mol. The van der Waals surface area contributed by atoms with Gasteiger partial charge in [0.15, 0.2) is 21.3 Å². The first-order valence-electron chi connectivity index (χ1n) is 8.05. The van der Waals surface area contributed by atoms with Gasteiger partial charge in [0.1, 0.15) is 24.7 Å². The van der Waals surface area contributed by atoms with E-state index in [0.717, 1.165) is 6.26 Å². The third kappa shape index (κ3) is 4.43. The normalized spacial score (nSPS) is 13.1. The Balaban J connectivity index is 2.00. The Hall–Kier alpha value is -2.94. The van der Waals surface area contributed by atoms with Crippen LogP contribution in [0.3, 0.4) is 0 Å². The second-order valence-electron chi connectivity index (χ2n) is 6.06.